The fraction of sp³-hybridized carbons (Fsp3) is 0.111. The molecule has 0 unspecified atom stereocenters. The Labute approximate surface area is 93.5 Å². The molecule has 0 fully saturated rings. The lowest BCUT2D eigenvalue weighted by Gasteiger charge is -1.95. The van der Waals surface area contributed by atoms with E-state index in [-0.39, 0.29) is 5.88 Å². The Morgan fingerprint density at radius 3 is 2.33 bits per heavy atom. The van der Waals surface area contributed by atoms with Crippen molar-refractivity contribution in [2.24, 2.45) is 0 Å². The number of hydrogen-bond donors (Lipinski definition) is 0. The average Bonchev–Trinajstić information content (AvgIpc) is 2.64. The quantitative estimate of drug-likeness (QED) is 0.761. The molecule has 0 aliphatic carbocycles. The molecule has 2 nitrogen and oxygen atoms in total. The number of aromatic nitrogens is 2. The predicted molar refractivity (Wildman–Crippen MR) is 54.8 cm³/mol. The van der Waals surface area contributed by atoms with Gasteiger partial charge in [0.1, 0.15) is 21.6 Å². The second-order valence-electron chi connectivity index (χ2n) is 2.79. The maximum atomic E-state index is 12.9. The molecule has 0 saturated carbocycles. The SMILES string of the molecule is Fc1cc(F)cc(-c2nnc(CCl)s2)c1. The van der Waals surface area contributed by atoms with Crippen molar-refractivity contribution in [2.45, 2.75) is 5.88 Å². The largest absolute Gasteiger partial charge is 0.207 e. The molecule has 0 aliphatic heterocycles. The highest BCUT2D eigenvalue weighted by Crippen LogP contribution is 2.25. The van der Waals surface area contributed by atoms with Gasteiger partial charge in [-0.15, -0.1) is 21.8 Å². The summed E-state index contributed by atoms with van der Waals surface area (Å²) in [5.41, 5.74) is 0.376. The molecular weight excluding hydrogens is 242 g/mol. The number of halogens is 3. The zero-order valence-electron chi connectivity index (χ0n) is 7.38. The highest BCUT2D eigenvalue weighted by molar-refractivity contribution is 7.14. The lowest BCUT2D eigenvalue weighted by atomic mass is 10.2. The Bertz CT molecular complexity index is 466. The number of alkyl halides is 1. The van der Waals surface area contributed by atoms with Gasteiger partial charge in [-0.05, 0) is 12.1 Å². The molecule has 0 N–H and O–H groups in total. The topological polar surface area (TPSA) is 25.8 Å². The molecule has 0 aliphatic rings. The molecular formula is C9H5ClF2N2S. The Morgan fingerprint density at radius 1 is 1.13 bits per heavy atom. The van der Waals surface area contributed by atoms with Crippen molar-refractivity contribution in [3.8, 4) is 10.6 Å². The summed E-state index contributed by atoms with van der Waals surface area (Å²) in [4.78, 5) is 0. The van der Waals surface area contributed by atoms with Crippen LogP contribution < -0.4 is 0 Å². The van der Waals surface area contributed by atoms with Gasteiger partial charge in [0.15, 0.2) is 0 Å². The normalized spacial score (nSPS) is 10.6. The van der Waals surface area contributed by atoms with Crippen molar-refractivity contribution < 1.29 is 8.78 Å². The molecule has 0 saturated heterocycles. The molecule has 0 amide bonds. The van der Waals surface area contributed by atoms with E-state index in [9.17, 15) is 8.78 Å². The van der Waals surface area contributed by atoms with Crippen molar-refractivity contribution in [3.63, 3.8) is 0 Å². The van der Waals surface area contributed by atoms with Gasteiger partial charge in [0, 0.05) is 11.6 Å². The predicted octanol–water partition coefficient (Wildman–Crippen LogP) is 3.22. The molecule has 1 aromatic carbocycles. The van der Waals surface area contributed by atoms with E-state index >= 15 is 0 Å². The number of rotatable bonds is 2. The van der Waals surface area contributed by atoms with Gasteiger partial charge in [0.25, 0.3) is 0 Å². The average molecular weight is 247 g/mol. The summed E-state index contributed by atoms with van der Waals surface area (Å²) in [7, 11) is 0. The van der Waals surface area contributed by atoms with Gasteiger partial charge < -0.3 is 0 Å². The first-order chi connectivity index (χ1) is 7.19. The minimum Gasteiger partial charge on any atom is -0.207 e. The maximum absolute atomic E-state index is 12.9. The fourth-order valence-electron chi connectivity index (χ4n) is 1.10. The van der Waals surface area contributed by atoms with Crippen LogP contribution in [0, 0.1) is 11.6 Å². The maximum Gasteiger partial charge on any atom is 0.148 e. The van der Waals surface area contributed by atoms with E-state index < -0.39 is 11.6 Å². The third-order valence-corrected chi connectivity index (χ3v) is 3.07. The lowest BCUT2D eigenvalue weighted by molar-refractivity contribution is 0.584. The summed E-state index contributed by atoms with van der Waals surface area (Å²) in [5.74, 6) is -1.02. The third kappa shape index (κ3) is 2.30. The highest BCUT2D eigenvalue weighted by atomic mass is 35.5. The molecule has 0 spiro atoms. The monoisotopic (exact) mass is 246 g/mol. The summed E-state index contributed by atoms with van der Waals surface area (Å²) in [6, 6.07) is 3.23. The lowest BCUT2D eigenvalue weighted by Crippen LogP contribution is -1.83. The van der Waals surface area contributed by atoms with Gasteiger partial charge in [-0.2, -0.15) is 0 Å². The van der Waals surface area contributed by atoms with Crippen LogP contribution in [0.2, 0.25) is 0 Å². The first-order valence-corrected chi connectivity index (χ1v) is 5.39. The molecule has 1 aromatic heterocycles. The van der Waals surface area contributed by atoms with E-state index in [1.807, 2.05) is 0 Å². The number of benzene rings is 1. The van der Waals surface area contributed by atoms with E-state index in [2.05, 4.69) is 10.2 Å². The summed E-state index contributed by atoms with van der Waals surface area (Å²) in [6.07, 6.45) is 0. The van der Waals surface area contributed by atoms with E-state index in [0.29, 0.717) is 15.6 Å². The van der Waals surface area contributed by atoms with E-state index in [4.69, 9.17) is 11.6 Å². The van der Waals surface area contributed by atoms with E-state index in [1.165, 1.54) is 23.5 Å². The van der Waals surface area contributed by atoms with Crippen LogP contribution in [0.3, 0.4) is 0 Å². The first kappa shape index (κ1) is 10.4. The van der Waals surface area contributed by atoms with Gasteiger partial charge in [-0.3, -0.25) is 0 Å². The van der Waals surface area contributed by atoms with Crippen molar-refractivity contribution in [3.05, 3.63) is 34.8 Å². The van der Waals surface area contributed by atoms with Crippen LogP contribution in [0.5, 0.6) is 0 Å². The molecule has 15 heavy (non-hydrogen) atoms. The van der Waals surface area contributed by atoms with Crippen LogP contribution in [0.15, 0.2) is 18.2 Å². The molecule has 0 radical (unpaired) electrons. The molecule has 6 heteroatoms. The van der Waals surface area contributed by atoms with E-state index in [0.717, 1.165) is 6.07 Å². The fourth-order valence-corrected chi connectivity index (χ4v) is 2.00. The van der Waals surface area contributed by atoms with Crippen molar-refractivity contribution in [1.82, 2.24) is 10.2 Å². The minimum absolute atomic E-state index is 0.246. The van der Waals surface area contributed by atoms with Crippen LogP contribution in [0.4, 0.5) is 8.78 Å². The molecule has 78 valence electrons. The minimum atomic E-state index is -0.632. The van der Waals surface area contributed by atoms with Crippen LogP contribution in [0.25, 0.3) is 10.6 Å². The Morgan fingerprint density at radius 2 is 1.80 bits per heavy atom. The second kappa shape index (κ2) is 4.20. The zero-order chi connectivity index (χ0) is 10.8. The number of hydrogen-bond acceptors (Lipinski definition) is 3. The van der Waals surface area contributed by atoms with Gasteiger partial charge in [0.05, 0.1) is 5.88 Å². The Balaban J connectivity index is 2.44. The van der Waals surface area contributed by atoms with Gasteiger partial charge in [-0.25, -0.2) is 8.78 Å². The molecule has 2 rings (SSSR count). The third-order valence-electron chi connectivity index (χ3n) is 1.69. The Hall–Kier alpha value is -1.07. The molecule has 2 aromatic rings. The van der Waals surface area contributed by atoms with Gasteiger partial charge in [-0.1, -0.05) is 11.3 Å². The van der Waals surface area contributed by atoms with Gasteiger partial charge >= 0.3 is 0 Å². The van der Waals surface area contributed by atoms with Crippen molar-refractivity contribution in [1.29, 1.82) is 0 Å². The second-order valence-corrected chi connectivity index (χ2v) is 4.12. The standard InChI is InChI=1S/C9H5ClF2N2S/c10-4-8-13-14-9(15-8)5-1-6(11)3-7(12)2-5/h1-3H,4H2. The zero-order valence-corrected chi connectivity index (χ0v) is 8.95. The summed E-state index contributed by atoms with van der Waals surface area (Å²) in [6.45, 7) is 0. The van der Waals surface area contributed by atoms with Crippen LogP contribution >= 0.6 is 22.9 Å². The van der Waals surface area contributed by atoms with Crippen LogP contribution in [-0.4, -0.2) is 10.2 Å². The molecule has 1 heterocycles. The smallest absolute Gasteiger partial charge is 0.148 e. The van der Waals surface area contributed by atoms with E-state index in [1.54, 1.807) is 0 Å². The van der Waals surface area contributed by atoms with Crippen LogP contribution in [-0.2, 0) is 5.88 Å². The first-order valence-electron chi connectivity index (χ1n) is 4.04. The molecule has 0 bridgehead atoms. The summed E-state index contributed by atoms with van der Waals surface area (Å²) >= 11 is 6.77. The summed E-state index contributed by atoms with van der Waals surface area (Å²) < 4.78 is 25.8. The number of nitrogens with zero attached hydrogens (tertiary/aromatic N) is 2. The summed E-state index contributed by atoms with van der Waals surface area (Å²) in [5, 5.41) is 8.64. The van der Waals surface area contributed by atoms with Crippen molar-refractivity contribution in [2.75, 3.05) is 0 Å². The molecule has 0 atom stereocenters. The van der Waals surface area contributed by atoms with Gasteiger partial charge in [0.2, 0.25) is 0 Å². The highest BCUT2D eigenvalue weighted by Gasteiger charge is 2.08. The van der Waals surface area contributed by atoms with Crippen molar-refractivity contribution >= 4 is 22.9 Å². The Kier molecular flexibility index (Phi) is 2.93. The van der Waals surface area contributed by atoms with Crippen LogP contribution in [0.1, 0.15) is 5.01 Å².